The summed E-state index contributed by atoms with van der Waals surface area (Å²) in [6.45, 7) is 8.78. The molecule has 2 aromatic rings. The van der Waals surface area contributed by atoms with Gasteiger partial charge in [-0.05, 0) is 32.8 Å². The van der Waals surface area contributed by atoms with Crippen LogP contribution in [0.25, 0.3) is 0 Å². The van der Waals surface area contributed by atoms with Crippen LogP contribution < -0.4 is 5.56 Å². The Hall–Kier alpha value is -1.59. The Morgan fingerprint density at radius 2 is 1.96 bits per heavy atom. The van der Waals surface area contributed by atoms with Gasteiger partial charge < -0.3 is 4.74 Å². The van der Waals surface area contributed by atoms with Gasteiger partial charge in [-0.15, -0.1) is 0 Å². The molecule has 128 valence electrons. The van der Waals surface area contributed by atoms with Gasteiger partial charge in [0.05, 0.1) is 5.69 Å². The molecule has 0 saturated heterocycles. The fourth-order valence-electron chi connectivity index (χ4n) is 3.35. The Kier molecular flexibility index (Phi) is 5.11. The van der Waals surface area contributed by atoms with Gasteiger partial charge in [-0.3, -0.25) is 9.36 Å². The molecule has 4 nitrogen and oxygen atoms in total. The fraction of sp³-hybridized carbons (Fsp3) is 0.474. The molecule has 1 aliphatic rings. The van der Waals surface area contributed by atoms with E-state index < -0.39 is 0 Å². The maximum atomic E-state index is 13.0. The van der Waals surface area contributed by atoms with E-state index in [-0.39, 0.29) is 11.8 Å². The molecular weight excluding hydrogens is 320 g/mol. The molecule has 0 N–H and O–H groups in total. The van der Waals surface area contributed by atoms with Crippen molar-refractivity contribution in [1.82, 2.24) is 9.55 Å². The first-order valence-corrected chi connectivity index (χ1v) is 9.47. The lowest BCUT2D eigenvalue weighted by molar-refractivity contribution is 0.0233. The van der Waals surface area contributed by atoms with Crippen molar-refractivity contribution in [2.45, 2.75) is 51.9 Å². The van der Waals surface area contributed by atoms with Crippen LogP contribution in [0.2, 0.25) is 0 Å². The minimum absolute atomic E-state index is 0.0605. The predicted octanol–water partition coefficient (Wildman–Crippen LogP) is 3.65. The standard InChI is InChI=1S/C19H24N2O2S/c1-5-15-16(10-14-8-12(3)7-13(4)9-14)20-19-21(18(15)22)17(11-24-19)23-6-2/h7-9,17H,5-6,10-11H2,1-4H3. The summed E-state index contributed by atoms with van der Waals surface area (Å²) in [6, 6.07) is 6.52. The SMILES string of the molecule is CCOC1CSc2nc(Cc3cc(C)cc(C)c3)c(CC)c(=O)n21. The molecule has 2 heterocycles. The summed E-state index contributed by atoms with van der Waals surface area (Å²) in [6.07, 6.45) is 1.21. The molecule has 1 aromatic carbocycles. The van der Waals surface area contributed by atoms with Crippen molar-refractivity contribution in [2.24, 2.45) is 0 Å². The summed E-state index contributed by atoms with van der Waals surface area (Å²) in [4.78, 5) is 17.8. The molecule has 0 amide bonds. The normalized spacial score (nSPS) is 16.4. The summed E-state index contributed by atoms with van der Waals surface area (Å²) in [5.41, 5.74) is 5.47. The third kappa shape index (κ3) is 3.28. The first-order chi connectivity index (χ1) is 11.5. The quantitative estimate of drug-likeness (QED) is 0.777. The average Bonchev–Trinajstić information content (AvgIpc) is 2.90. The van der Waals surface area contributed by atoms with Crippen LogP contribution in [0.4, 0.5) is 0 Å². The largest absolute Gasteiger partial charge is 0.357 e. The predicted molar refractivity (Wildman–Crippen MR) is 98.0 cm³/mol. The average molecular weight is 344 g/mol. The van der Waals surface area contributed by atoms with Crippen molar-refractivity contribution in [3.8, 4) is 0 Å². The van der Waals surface area contributed by atoms with E-state index in [0.29, 0.717) is 19.4 Å². The van der Waals surface area contributed by atoms with E-state index in [0.717, 1.165) is 22.2 Å². The van der Waals surface area contributed by atoms with Crippen LogP contribution in [-0.2, 0) is 17.6 Å². The van der Waals surface area contributed by atoms with Gasteiger partial charge in [-0.1, -0.05) is 48.0 Å². The van der Waals surface area contributed by atoms with Crippen LogP contribution >= 0.6 is 11.8 Å². The molecule has 0 spiro atoms. The lowest BCUT2D eigenvalue weighted by Gasteiger charge is -2.16. The van der Waals surface area contributed by atoms with Crippen LogP contribution in [0.15, 0.2) is 28.2 Å². The van der Waals surface area contributed by atoms with Gasteiger partial charge in [0.1, 0.15) is 6.23 Å². The minimum atomic E-state index is -0.185. The van der Waals surface area contributed by atoms with Gasteiger partial charge in [-0.25, -0.2) is 4.98 Å². The van der Waals surface area contributed by atoms with Gasteiger partial charge in [0.2, 0.25) is 0 Å². The summed E-state index contributed by atoms with van der Waals surface area (Å²) in [5.74, 6) is 0.756. The van der Waals surface area contributed by atoms with Gasteiger partial charge >= 0.3 is 0 Å². The highest BCUT2D eigenvalue weighted by Crippen LogP contribution is 2.31. The Balaban J connectivity index is 2.03. The maximum absolute atomic E-state index is 13.0. The van der Waals surface area contributed by atoms with Gasteiger partial charge in [0.25, 0.3) is 5.56 Å². The molecular formula is C19H24N2O2S. The van der Waals surface area contributed by atoms with Crippen LogP contribution in [0, 0.1) is 13.8 Å². The number of fused-ring (bicyclic) bond motifs is 1. The van der Waals surface area contributed by atoms with E-state index in [2.05, 4.69) is 32.0 Å². The van der Waals surface area contributed by atoms with E-state index in [1.807, 2.05) is 13.8 Å². The maximum Gasteiger partial charge on any atom is 0.259 e. The van der Waals surface area contributed by atoms with Crippen molar-refractivity contribution >= 4 is 11.8 Å². The number of aromatic nitrogens is 2. The minimum Gasteiger partial charge on any atom is -0.357 e. The van der Waals surface area contributed by atoms with Crippen LogP contribution in [-0.4, -0.2) is 21.9 Å². The van der Waals surface area contributed by atoms with Crippen molar-refractivity contribution in [2.75, 3.05) is 12.4 Å². The van der Waals surface area contributed by atoms with E-state index in [1.165, 1.54) is 16.7 Å². The molecule has 0 aliphatic carbocycles. The summed E-state index contributed by atoms with van der Waals surface area (Å²) >= 11 is 1.61. The van der Waals surface area contributed by atoms with E-state index >= 15 is 0 Å². The number of nitrogens with zero attached hydrogens (tertiary/aromatic N) is 2. The van der Waals surface area contributed by atoms with Crippen LogP contribution in [0.5, 0.6) is 0 Å². The molecule has 0 radical (unpaired) electrons. The van der Waals surface area contributed by atoms with Crippen LogP contribution in [0.3, 0.4) is 0 Å². The number of thioether (sulfide) groups is 1. The number of ether oxygens (including phenoxy) is 1. The monoisotopic (exact) mass is 344 g/mol. The lowest BCUT2D eigenvalue weighted by Crippen LogP contribution is -2.30. The lowest BCUT2D eigenvalue weighted by atomic mass is 10.0. The molecule has 1 aromatic heterocycles. The molecule has 0 fully saturated rings. The van der Waals surface area contributed by atoms with E-state index in [9.17, 15) is 4.79 Å². The Morgan fingerprint density at radius 3 is 2.58 bits per heavy atom. The van der Waals surface area contributed by atoms with Crippen molar-refractivity contribution in [3.05, 3.63) is 56.5 Å². The fourth-order valence-corrected chi connectivity index (χ4v) is 4.40. The highest BCUT2D eigenvalue weighted by Gasteiger charge is 2.28. The molecule has 5 heteroatoms. The number of hydrogen-bond acceptors (Lipinski definition) is 4. The third-order valence-corrected chi connectivity index (χ3v) is 5.27. The van der Waals surface area contributed by atoms with Gasteiger partial charge in [0, 0.05) is 24.3 Å². The molecule has 1 unspecified atom stereocenters. The van der Waals surface area contributed by atoms with Gasteiger partial charge in [-0.2, -0.15) is 0 Å². The Morgan fingerprint density at radius 1 is 1.25 bits per heavy atom. The Bertz CT molecular complexity index is 793. The van der Waals surface area contributed by atoms with E-state index in [1.54, 1.807) is 16.3 Å². The van der Waals surface area contributed by atoms with Crippen molar-refractivity contribution < 1.29 is 4.74 Å². The van der Waals surface area contributed by atoms with E-state index in [4.69, 9.17) is 9.72 Å². The number of benzene rings is 1. The molecule has 1 aliphatic heterocycles. The van der Waals surface area contributed by atoms with Crippen molar-refractivity contribution in [1.29, 1.82) is 0 Å². The van der Waals surface area contributed by atoms with Crippen molar-refractivity contribution in [3.63, 3.8) is 0 Å². The zero-order valence-corrected chi connectivity index (χ0v) is 15.6. The number of rotatable bonds is 5. The topological polar surface area (TPSA) is 44.1 Å². The smallest absolute Gasteiger partial charge is 0.259 e. The van der Waals surface area contributed by atoms with Crippen LogP contribution in [0.1, 0.15) is 48.0 Å². The highest BCUT2D eigenvalue weighted by atomic mass is 32.2. The highest BCUT2D eigenvalue weighted by molar-refractivity contribution is 7.99. The molecule has 3 rings (SSSR count). The first-order valence-electron chi connectivity index (χ1n) is 8.49. The Labute approximate surface area is 147 Å². The first kappa shape index (κ1) is 17.2. The zero-order valence-electron chi connectivity index (χ0n) is 14.8. The summed E-state index contributed by atoms with van der Waals surface area (Å²) < 4.78 is 7.44. The molecule has 0 saturated carbocycles. The summed E-state index contributed by atoms with van der Waals surface area (Å²) in [7, 11) is 0. The number of aryl methyl sites for hydroxylation is 2. The number of hydrogen-bond donors (Lipinski definition) is 0. The molecule has 0 bridgehead atoms. The zero-order chi connectivity index (χ0) is 17.3. The molecule has 24 heavy (non-hydrogen) atoms. The molecule has 1 atom stereocenters. The second-order valence-electron chi connectivity index (χ2n) is 6.24. The second-order valence-corrected chi connectivity index (χ2v) is 7.23. The van der Waals surface area contributed by atoms with Gasteiger partial charge in [0.15, 0.2) is 5.16 Å². The third-order valence-electron chi connectivity index (χ3n) is 4.27. The second kappa shape index (κ2) is 7.11. The summed E-state index contributed by atoms with van der Waals surface area (Å²) in [5, 5.41) is 0.787.